The summed E-state index contributed by atoms with van der Waals surface area (Å²) in [4.78, 5) is 16.5. The molecule has 0 aromatic heterocycles. The Hall–Kier alpha value is -0.110. The summed E-state index contributed by atoms with van der Waals surface area (Å²) in [6.07, 6.45) is 2.37. The Morgan fingerprint density at radius 1 is 1.32 bits per heavy atom. The van der Waals surface area contributed by atoms with Gasteiger partial charge in [-0.1, -0.05) is 0 Å². The third-order valence-electron chi connectivity index (χ3n) is 4.23. The molecule has 2 rings (SSSR count). The lowest BCUT2D eigenvalue weighted by Crippen LogP contribution is -2.54. The SMILES string of the molecule is COCC(N)C(=O)N1CCC(N2CCOC(C)C2)CC1.Cl.Cl. The van der Waals surface area contributed by atoms with Crippen molar-refractivity contribution in [3.8, 4) is 0 Å². The number of morpholine rings is 1. The molecule has 8 heteroatoms. The number of ether oxygens (including phenoxy) is 2. The molecule has 132 valence electrons. The fraction of sp³-hybridized carbons (Fsp3) is 0.929. The van der Waals surface area contributed by atoms with Gasteiger partial charge in [-0.05, 0) is 19.8 Å². The number of piperidine rings is 1. The zero-order chi connectivity index (χ0) is 14.5. The van der Waals surface area contributed by atoms with Crippen LogP contribution in [0.3, 0.4) is 0 Å². The molecule has 2 fully saturated rings. The van der Waals surface area contributed by atoms with Gasteiger partial charge in [-0.25, -0.2) is 0 Å². The molecule has 2 unspecified atom stereocenters. The molecular formula is C14H29Cl2N3O3. The minimum Gasteiger partial charge on any atom is -0.383 e. The lowest BCUT2D eigenvalue weighted by atomic mass is 10.0. The van der Waals surface area contributed by atoms with Gasteiger partial charge in [-0.15, -0.1) is 24.8 Å². The molecule has 0 saturated carbocycles. The first kappa shape index (κ1) is 21.9. The maximum absolute atomic E-state index is 12.1. The van der Waals surface area contributed by atoms with E-state index in [2.05, 4.69) is 11.8 Å². The van der Waals surface area contributed by atoms with Crippen molar-refractivity contribution in [2.24, 2.45) is 5.73 Å². The van der Waals surface area contributed by atoms with Crippen molar-refractivity contribution in [2.75, 3.05) is 46.5 Å². The van der Waals surface area contributed by atoms with Gasteiger partial charge in [0.25, 0.3) is 0 Å². The summed E-state index contributed by atoms with van der Waals surface area (Å²) in [6.45, 7) is 6.83. The standard InChI is InChI=1S/C14H27N3O3.2ClH/c1-11-9-17(7-8-20-11)12-3-5-16(6-4-12)14(18)13(15)10-19-2;;/h11-13H,3-10,15H2,1-2H3;2*1H. The highest BCUT2D eigenvalue weighted by molar-refractivity contribution is 5.85. The molecule has 22 heavy (non-hydrogen) atoms. The summed E-state index contributed by atoms with van der Waals surface area (Å²) in [6, 6.07) is 0.0454. The molecule has 2 aliphatic rings. The zero-order valence-corrected chi connectivity index (χ0v) is 15.0. The third-order valence-corrected chi connectivity index (χ3v) is 4.23. The number of hydrogen-bond donors (Lipinski definition) is 1. The van der Waals surface area contributed by atoms with Gasteiger partial charge in [-0.2, -0.15) is 0 Å². The molecule has 2 atom stereocenters. The van der Waals surface area contributed by atoms with Crippen LogP contribution < -0.4 is 5.73 Å². The first-order valence-electron chi connectivity index (χ1n) is 7.50. The number of nitrogens with zero attached hydrogens (tertiary/aromatic N) is 2. The van der Waals surface area contributed by atoms with E-state index in [-0.39, 0.29) is 30.7 Å². The molecule has 0 aliphatic carbocycles. The van der Waals surface area contributed by atoms with Crippen molar-refractivity contribution in [3.63, 3.8) is 0 Å². The van der Waals surface area contributed by atoms with Gasteiger partial charge < -0.3 is 20.1 Å². The number of hydrogen-bond acceptors (Lipinski definition) is 5. The average Bonchev–Trinajstić information content (AvgIpc) is 2.47. The number of methoxy groups -OCH3 is 1. The predicted molar refractivity (Wildman–Crippen MR) is 90.9 cm³/mol. The summed E-state index contributed by atoms with van der Waals surface area (Å²) in [5, 5.41) is 0. The van der Waals surface area contributed by atoms with Crippen molar-refractivity contribution < 1.29 is 14.3 Å². The summed E-state index contributed by atoms with van der Waals surface area (Å²) in [7, 11) is 1.57. The van der Waals surface area contributed by atoms with Crippen LogP contribution in [0.4, 0.5) is 0 Å². The maximum atomic E-state index is 12.1. The molecule has 2 aliphatic heterocycles. The number of rotatable bonds is 4. The fourth-order valence-electron chi connectivity index (χ4n) is 3.11. The number of halogens is 2. The largest absolute Gasteiger partial charge is 0.383 e. The third kappa shape index (κ3) is 5.83. The normalized spacial score (nSPS) is 25.0. The molecule has 1 amide bonds. The van der Waals surface area contributed by atoms with E-state index >= 15 is 0 Å². The number of carbonyl (C=O) groups excluding carboxylic acids is 1. The molecule has 0 aromatic carbocycles. The van der Waals surface area contributed by atoms with E-state index in [0.29, 0.717) is 18.8 Å². The van der Waals surface area contributed by atoms with Gasteiger partial charge in [0, 0.05) is 39.3 Å². The quantitative estimate of drug-likeness (QED) is 0.794. The van der Waals surface area contributed by atoms with Crippen LogP contribution in [-0.2, 0) is 14.3 Å². The van der Waals surface area contributed by atoms with E-state index in [1.807, 2.05) is 4.90 Å². The number of carbonyl (C=O) groups is 1. The van der Waals surface area contributed by atoms with Crippen molar-refractivity contribution in [1.29, 1.82) is 0 Å². The predicted octanol–water partition coefficient (Wildman–Crippen LogP) is 0.515. The zero-order valence-electron chi connectivity index (χ0n) is 13.4. The molecule has 2 N–H and O–H groups in total. The molecule has 2 saturated heterocycles. The van der Waals surface area contributed by atoms with Gasteiger partial charge >= 0.3 is 0 Å². The number of nitrogens with two attached hydrogens (primary N) is 1. The Bertz CT molecular complexity index is 328. The fourth-order valence-corrected chi connectivity index (χ4v) is 3.11. The Morgan fingerprint density at radius 3 is 2.50 bits per heavy atom. The Kier molecular flexibility index (Phi) is 10.6. The van der Waals surface area contributed by atoms with Gasteiger partial charge in [0.2, 0.25) is 5.91 Å². The second-order valence-corrected chi connectivity index (χ2v) is 5.79. The van der Waals surface area contributed by atoms with Crippen LogP contribution in [0.5, 0.6) is 0 Å². The molecule has 6 nitrogen and oxygen atoms in total. The minimum absolute atomic E-state index is 0. The molecule has 0 aromatic rings. The first-order chi connectivity index (χ1) is 9.61. The minimum atomic E-state index is -0.528. The number of likely N-dealkylation sites (tertiary alicyclic amines) is 1. The van der Waals surface area contributed by atoms with E-state index in [0.717, 1.165) is 45.6 Å². The van der Waals surface area contributed by atoms with Crippen LogP contribution in [0.2, 0.25) is 0 Å². The van der Waals surface area contributed by atoms with Crippen molar-refractivity contribution in [2.45, 2.75) is 38.0 Å². The summed E-state index contributed by atoms with van der Waals surface area (Å²) >= 11 is 0. The highest BCUT2D eigenvalue weighted by Gasteiger charge is 2.30. The second-order valence-electron chi connectivity index (χ2n) is 5.79. The Balaban J connectivity index is 0.00000220. The smallest absolute Gasteiger partial charge is 0.241 e. The summed E-state index contributed by atoms with van der Waals surface area (Å²) in [5.74, 6) is 0.0145. The van der Waals surface area contributed by atoms with Crippen molar-refractivity contribution in [3.05, 3.63) is 0 Å². The average molecular weight is 358 g/mol. The van der Waals surface area contributed by atoms with Crippen molar-refractivity contribution in [1.82, 2.24) is 9.80 Å². The Labute approximate surface area is 145 Å². The first-order valence-corrected chi connectivity index (χ1v) is 7.50. The Morgan fingerprint density at radius 2 is 1.95 bits per heavy atom. The molecular weight excluding hydrogens is 329 g/mol. The van der Waals surface area contributed by atoms with E-state index in [4.69, 9.17) is 15.2 Å². The van der Waals surface area contributed by atoms with Gasteiger partial charge in [0.15, 0.2) is 0 Å². The van der Waals surface area contributed by atoms with E-state index in [1.54, 1.807) is 7.11 Å². The van der Waals surface area contributed by atoms with Crippen LogP contribution >= 0.6 is 24.8 Å². The van der Waals surface area contributed by atoms with Crippen LogP contribution in [0.1, 0.15) is 19.8 Å². The summed E-state index contributed by atoms with van der Waals surface area (Å²) in [5.41, 5.74) is 5.81. The second kappa shape index (κ2) is 10.6. The lowest BCUT2D eigenvalue weighted by molar-refractivity contribution is -0.135. The monoisotopic (exact) mass is 357 g/mol. The topological polar surface area (TPSA) is 68.0 Å². The lowest BCUT2D eigenvalue weighted by Gasteiger charge is -2.42. The molecule has 0 bridgehead atoms. The number of amides is 1. The van der Waals surface area contributed by atoms with E-state index in [1.165, 1.54) is 0 Å². The van der Waals surface area contributed by atoms with Crippen LogP contribution in [0.15, 0.2) is 0 Å². The van der Waals surface area contributed by atoms with Gasteiger partial charge in [-0.3, -0.25) is 9.69 Å². The van der Waals surface area contributed by atoms with Crippen LogP contribution in [0.25, 0.3) is 0 Å². The summed E-state index contributed by atoms with van der Waals surface area (Å²) < 4.78 is 10.5. The highest BCUT2D eigenvalue weighted by Crippen LogP contribution is 2.19. The van der Waals surface area contributed by atoms with E-state index < -0.39 is 6.04 Å². The van der Waals surface area contributed by atoms with Crippen LogP contribution in [-0.4, -0.2) is 80.4 Å². The van der Waals surface area contributed by atoms with Crippen molar-refractivity contribution >= 4 is 30.7 Å². The van der Waals surface area contributed by atoms with Gasteiger partial charge in [0.1, 0.15) is 6.04 Å². The molecule has 2 heterocycles. The maximum Gasteiger partial charge on any atom is 0.241 e. The molecule has 0 radical (unpaired) electrons. The van der Waals surface area contributed by atoms with Gasteiger partial charge in [0.05, 0.1) is 19.3 Å². The van der Waals surface area contributed by atoms with Crippen LogP contribution in [0, 0.1) is 0 Å². The highest BCUT2D eigenvalue weighted by atomic mass is 35.5. The molecule has 0 spiro atoms. The van der Waals surface area contributed by atoms with E-state index in [9.17, 15) is 4.79 Å².